The number of para-hydroxylation sites is 1. The molecule has 0 saturated carbocycles. The molecule has 2 heterocycles. The van der Waals surface area contributed by atoms with Crippen LogP contribution in [0.25, 0.3) is 0 Å². The van der Waals surface area contributed by atoms with Crippen LogP contribution in [0.2, 0.25) is 0 Å². The van der Waals surface area contributed by atoms with Gasteiger partial charge in [0, 0.05) is 11.3 Å². The summed E-state index contributed by atoms with van der Waals surface area (Å²) in [5.41, 5.74) is 2.57. The van der Waals surface area contributed by atoms with E-state index in [1.165, 1.54) is 0 Å². The average Bonchev–Trinajstić information content (AvgIpc) is 2.89. The van der Waals surface area contributed by atoms with E-state index in [9.17, 15) is 4.79 Å². The van der Waals surface area contributed by atoms with Crippen molar-refractivity contribution < 1.29 is 9.53 Å². The first-order chi connectivity index (χ1) is 12.1. The molecule has 0 radical (unpaired) electrons. The topological polar surface area (TPSA) is 56.2 Å². The van der Waals surface area contributed by atoms with Gasteiger partial charge < -0.3 is 10.1 Å². The van der Waals surface area contributed by atoms with Gasteiger partial charge in [0.2, 0.25) is 0 Å². The van der Waals surface area contributed by atoms with E-state index >= 15 is 0 Å². The first-order valence-electron chi connectivity index (χ1n) is 9.22. The molecule has 1 atom stereocenters. The number of hydrogen-bond acceptors (Lipinski definition) is 3. The number of aryl methyl sites for hydroxylation is 1. The van der Waals surface area contributed by atoms with Gasteiger partial charge in [-0.3, -0.25) is 9.48 Å². The molecule has 0 spiro atoms. The van der Waals surface area contributed by atoms with Gasteiger partial charge in [0.25, 0.3) is 5.91 Å². The number of benzene rings is 1. The minimum atomic E-state index is -0.116. The number of carbonyl (C=O) groups is 1. The summed E-state index contributed by atoms with van der Waals surface area (Å²) in [6, 6.07) is 10.1. The summed E-state index contributed by atoms with van der Waals surface area (Å²) < 4.78 is 7.76. The summed E-state index contributed by atoms with van der Waals surface area (Å²) in [5, 5.41) is 7.72. The van der Waals surface area contributed by atoms with Crippen LogP contribution in [0.15, 0.2) is 30.3 Å². The van der Waals surface area contributed by atoms with Crippen LogP contribution in [0.4, 0.5) is 0 Å². The van der Waals surface area contributed by atoms with Gasteiger partial charge in [-0.15, -0.1) is 0 Å². The molecule has 3 rings (SSSR count). The molecule has 2 aromatic rings. The number of amides is 1. The van der Waals surface area contributed by atoms with Crippen molar-refractivity contribution in [3.63, 3.8) is 0 Å². The molecule has 1 aromatic heterocycles. The maximum Gasteiger partial charge on any atom is 0.272 e. The molecule has 5 nitrogen and oxygen atoms in total. The van der Waals surface area contributed by atoms with E-state index in [1.807, 2.05) is 41.9 Å². The van der Waals surface area contributed by atoms with E-state index in [0.29, 0.717) is 18.3 Å². The van der Waals surface area contributed by atoms with Crippen LogP contribution in [0, 0.1) is 6.92 Å². The molecule has 0 saturated heterocycles. The minimum Gasteiger partial charge on any atom is -0.493 e. The first kappa shape index (κ1) is 17.5. The van der Waals surface area contributed by atoms with Crippen molar-refractivity contribution in [3.05, 3.63) is 47.3 Å². The Bertz CT molecular complexity index is 734. The summed E-state index contributed by atoms with van der Waals surface area (Å²) in [6.07, 6.45) is 3.80. The van der Waals surface area contributed by atoms with Crippen LogP contribution in [0.5, 0.6) is 5.75 Å². The molecule has 1 unspecified atom stereocenters. The SMILES string of the molecule is CCC(CC)n1nc(C(=O)NC2CCCOc3ccccc32)cc1C. The highest BCUT2D eigenvalue weighted by atomic mass is 16.5. The summed E-state index contributed by atoms with van der Waals surface area (Å²) in [6.45, 7) is 7.00. The van der Waals surface area contributed by atoms with Crippen molar-refractivity contribution in [1.82, 2.24) is 15.1 Å². The van der Waals surface area contributed by atoms with Gasteiger partial charge in [0.05, 0.1) is 18.7 Å². The van der Waals surface area contributed by atoms with Crippen molar-refractivity contribution in [2.24, 2.45) is 0 Å². The molecular formula is C20H27N3O2. The van der Waals surface area contributed by atoms with E-state index in [4.69, 9.17) is 4.74 Å². The highest BCUT2D eigenvalue weighted by Crippen LogP contribution is 2.31. The third-order valence-corrected chi connectivity index (χ3v) is 4.94. The zero-order chi connectivity index (χ0) is 17.8. The fraction of sp³-hybridized carbons (Fsp3) is 0.500. The minimum absolute atomic E-state index is 0.0372. The van der Waals surface area contributed by atoms with E-state index in [0.717, 1.165) is 42.7 Å². The molecule has 0 aliphatic carbocycles. The second-order valence-corrected chi connectivity index (χ2v) is 6.64. The van der Waals surface area contributed by atoms with Gasteiger partial charge in [-0.2, -0.15) is 5.10 Å². The molecule has 134 valence electrons. The second-order valence-electron chi connectivity index (χ2n) is 6.64. The van der Waals surface area contributed by atoms with Gasteiger partial charge in [0.1, 0.15) is 11.4 Å². The zero-order valence-electron chi connectivity index (χ0n) is 15.3. The van der Waals surface area contributed by atoms with E-state index in [-0.39, 0.29) is 11.9 Å². The quantitative estimate of drug-likeness (QED) is 0.887. The third kappa shape index (κ3) is 3.70. The molecular weight excluding hydrogens is 314 g/mol. The Hall–Kier alpha value is -2.30. The lowest BCUT2D eigenvalue weighted by atomic mass is 10.0. The van der Waals surface area contributed by atoms with Crippen LogP contribution < -0.4 is 10.1 Å². The van der Waals surface area contributed by atoms with E-state index in [2.05, 4.69) is 24.3 Å². The Morgan fingerprint density at radius 2 is 2.12 bits per heavy atom. The van der Waals surface area contributed by atoms with E-state index < -0.39 is 0 Å². The Morgan fingerprint density at radius 1 is 1.36 bits per heavy atom. The van der Waals surface area contributed by atoms with Crippen LogP contribution in [-0.4, -0.2) is 22.3 Å². The second kappa shape index (κ2) is 7.72. The van der Waals surface area contributed by atoms with Crippen molar-refractivity contribution >= 4 is 5.91 Å². The number of ether oxygens (including phenoxy) is 1. The fourth-order valence-corrected chi connectivity index (χ4v) is 3.51. The lowest BCUT2D eigenvalue weighted by Crippen LogP contribution is -2.29. The predicted molar refractivity (Wildman–Crippen MR) is 98.0 cm³/mol. The molecule has 0 fully saturated rings. The molecule has 1 amide bonds. The highest BCUT2D eigenvalue weighted by Gasteiger charge is 2.23. The molecule has 1 aliphatic heterocycles. The summed E-state index contributed by atoms with van der Waals surface area (Å²) in [5.74, 6) is 0.749. The van der Waals surface area contributed by atoms with Crippen molar-refractivity contribution in [2.75, 3.05) is 6.61 Å². The summed E-state index contributed by atoms with van der Waals surface area (Å²) in [7, 11) is 0. The molecule has 0 bridgehead atoms. The number of nitrogens with one attached hydrogen (secondary N) is 1. The summed E-state index contributed by atoms with van der Waals surface area (Å²) in [4.78, 5) is 12.8. The van der Waals surface area contributed by atoms with Crippen LogP contribution in [-0.2, 0) is 0 Å². The maximum absolute atomic E-state index is 12.8. The van der Waals surface area contributed by atoms with Gasteiger partial charge in [-0.1, -0.05) is 32.0 Å². The standard InChI is InChI=1S/C20H27N3O2/c1-4-15(5-2)23-14(3)13-18(22-23)20(24)21-17-10-8-12-25-19-11-7-6-9-16(17)19/h6-7,9,11,13,15,17H,4-5,8,10,12H2,1-3H3,(H,21,24). The Labute approximate surface area is 149 Å². The molecule has 5 heteroatoms. The lowest BCUT2D eigenvalue weighted by Gasteiger charge is -2.18. The van der Waals surface area contributed by atoms with Gasteiger partial charge in [0.15, 0.2) is 0 Å². The number of aromatic nitrogens is 2. The van der Waals surface area contributed by atoms with Gasteiger partial charge in [-0.25, -0.2) is 0 Å². The smallest absolute Gasteiger partial charge is 0.272 e. The van der Waals surface area contributed by atoms with Crippen molar-refractivity contribution in [2.45, 2.75) is 58.5 Å². The number of carbonyl (C=O) groups excluding carboxylic acids is 1. The van der Waals surface area contributed by atoms with Crippen molar-refractivity contribution in [3.8, 4) is 5.75 Å². The number of nitrogens with zero attached hydrogens (tertiary/aromatic N) is 2. The monoisotopic (exact) mass is 341 g/mol. The third-order valence-electron chi connectivity index (χ3n) is 4.94. The summed E-state index contributed by atoms with van der Waals surface area (Å²) >= 11 is 0. The van der Waals surface area contributed by atoms with Crippen LogP contribution in [0.1, 0.15) is 73.4 Å². The lowest BCUT2D eigenvalue weighted by molar-refractivity contribution is 0.0928. The molecule has 1 aliphatic rings. The maximum atomic E-state index is 12.8. The highest BCUT2D eigenvalue weighted by molar-refractivity contribution is 5.92. The zero-order valence-corrected chi connectivity index (χ0v) is 15.3. The van der Waals surface area contributed by atoms with Gasteiger partial charge in [-0.05, 0) is 44.7 Å². The largest absolute Gasteiger partial charge is 0.493 e. The normalized spacial score (nSPS) is 16.9. The fourth-order valence-electron chi connectivity index (χ4n) is 3.51. The number of rotatable bonds is 5. The Kier molecular flexibility index (Phi) is 5.41. The first-order valence-corrected chi connectivity index (χ1v) is 9.22. The van der Waals surface area contributed by atoms with Crippen LogP contribution >= 0.6 is 0 Å². The van der Waals surface area contributed by atoms with Crippen LogP contribution in [0.3, 0.4) is 0 Å². The molecule has 1 N–H and O–H groups in total. The Balaban J connectivity index is 1.80. The van der Waals surface area contributed by atoms with Gasteiger partial charge >= 0.3 is 0 Å². The predicted octanol–water partition coefficient (Wildman–Crippen LogP) is 4.20. The van der Waals surface area contributed by atoms with Crippen molar-refractivity contribution in [1.29, 1.82) is 0 Å². The Morgan fingerprint density at radius 3 is 2.88 bits per heavy atom. The number of hydrogen-bond donors (Lipinski definition) is 1. The molecule has 1 aromatic carbocycles. The molecule has 25 heavy (non-hydrogen) atoms. The van der Waals surface area contributed by atoms with E-state index in [1.54, 1.807) is 0 Å². The number of fused-ring (bicyclic) bond motifs is 1. The average molecular weight is 341 g/mol.